The van der Waals surface area contributed by atoms with Gasteiger partial charge < -0.3 is 9.64 Å². The molecule has 2 aliphatic heterocycles. The first-order valence-electron chi connectivity index (χ1n) is 10.5. The van der Waals surface area contributed by atoms with E-state index in [2.05, 4.69) is 5.43 Å². The van der Waals surface area contributed by atoms with Crippen LogP contribution in [0.15, 0.2) is 53.4 Å². The van der Waals surface area contributed by atoms with Gasteiger partial charge >= 0.3 is 0 Å². The zero-order valence-electron chi connectivity index (χ0n) is 18.1. The van der Waals surface area contributed by atoms with Crippen LogP contribution in [0.3, 0.4) is 0 Å². The van der Waals surface area contributed by atoms with Gasteiger partial charge in [0.1, 0.15) is 5.75 Å². The Morgan fingerprint density at radius 2 is 1.55 bits per heavy atom. The lowest BCUT2D eigenvalue weighted by atomic mass is 10.1. The van der Waals surface area contributed by atoms with E-state index >= 15 is 0 Å². The van der Waals surface area contributed by atoms with Crippen molar-refractivity contribution in [2.75, 3.05) is 38.3 Å². The number of anilines is 1. The van der Waals surface area contributed by atoms with Crippen molar-refractivity contribution < 1.29 is 27.5 Å². The van der Waals surface area contributed by atoms with E-state index in [-0.39, 0.29) is 61.6 Å². The Balaban J connectivity index is 1.39. The third kappa shape index (κ3) is 4.69. The summed E-state index contributed by atoms with van der Waals surface area (Å²) in [6.07, 6.45) is 0.294. The van der Waals surface area contributed by atoms with Gasteiger partial charge in [0.05, 0.1) is 17.7 Å². The van der Waals surface area contributed by atoms with Crippen LogP contribution in [0.25, 0.3) is 0 Å². The van der Waals surface area contributed by atoms with Crippen molar-refractivity contribution in [3.63, 3.8) is 0 Å². The molecule has 2 saturated heterocycles. The van der Waals surface area contributed by atoms with Gasteiger partial charge in [0.2, 0.25) is 21.8 Å². The number of hydrogen-bond acceptors (Lipinski definition) is 6. The Morgan fingerprint density at radius 3 is 2.15 bits per heavy atom. The molecule has 11 heteroatoms. The number of hydrazine groups is 1. The lowest BCUT2D eigenvalue weighted by Gasteiger charge is -2.34. The highest BCUT2D eigenvalue weighted by atomic mass is 32.2. The molecule has 0 aromatic heterocycles. The van der Waals surface area contributed by atoms with Crippen LogP contribution < -0.4 is 15.2 Å². The fourth-order valence-corrected chi connectivity index (χ4v) is 5.17. The van der Waals surface area contributed by atoms with E-state index in [1.54, 1.807) is 41.3 Å². The molecule has 0 bridgehead atoms. The monoisotopic (exact) mass is 472 g/mol. The number of rotatable bonds is 5. The van der Waals surface area contributed by atoms with E-state index in [1.165, 1.54) is 28.6 Å². The van der Waals surface area contributed by atoms with Crippen LogP contribution in [0.5, 0.6) is 5.75 Å². The predicted octanol–water partition coefficient (Wildman–Crippen LogP) is 1.000. The second-order valence-corrected chi connectivity index (χ2v) is 9.62. The number of carbonyl (C=O) groups excluding carboxylic acids is 3. The molecular weight excluding hydrogens is 448 g/mol. The summed E-state index contributed by atoms with van der Waals surface area (Å²) in [5, 5.41) is 1.18. The summed E-state index contributed by atoms with van der Waals surface area (Å²) in [5.74, 6) is -0.112. The summed E-state index contributed by atoms with van der Waals surface area (Å²) in [7, 11) is -2.15. The molecule has 2 aromatic carbocycles. The highest BCUT2D eigenvalue weighted by Crippen LogP contribution is 2.22. The van der Waals surface area contributed by atoms with Crippen molar-refractivity contribution in [2.24, 2.45) is 0 Å². The molecule has 0 spiro atoms. The zero-order valence-corrected chi connectivity index (χ0v) is 18.9. The van der Waals surface area contributed by atoms with E-state index in [0.29, 0.717) is 17.0 Å². The minimum Gasteiger partial charge on any atom is -0.497 e. The van der Waals surface area contributed by atoms with Crippen molar-refractivity contribution in [3.05, 3.63) is 54.1 Å². The number of ether oxygens (including phenoxy) is 1. The van der Waals surface area contributed by atoms with Crippen LogP contribution in [-0.4, -0.2) is 68.6 Å². The minimum absolute atomic E-state index is 0.135. The zero-order chi connectivity index (χ0) is 23.6. The Labute approximate surface area is 191 Å². The maximum atomic E-state index is 12.9. The van der Waals surface area contributed by atoms with Gasteiger partial charge in [-0.3, -0.25) is 19.8 Å². The molecule has 3 amide bonds. The van der Waals surface area contributed by atoms with Gasteiger partial charge in [0, 0.05) is 44.6 Å². The van der Waals surface area contributed by atoms with E-state index in [9.17, 15) is 22.8 Å². The summed E-state index contributed by atoms with van der Waals surface area (Å²) >= 11 is 0. The normalized spacial score (nSPS) is 17.6. The van der Waals surface area contributed by atoms with Crippen LogP contribution in [-0.2, 0) is 19.6 Å². The Morgan fingerprint density at radius 1 is 0.909 bits per heavy atom. The highest BCUT2D eigenvalue weighted by Gasteiger charge is 2.31. The number of piperazine rings is 1. The SMILES string of the molecule is COc1ccc(S(=O)(=O)N2CCN(C(=O)c3ccc(N4NC(=O)CCC4=O)cc3)CC2)cc1. The van der Waals surface area contributed by atoms with Gasteiger partial charge in [-0.1, -0.05) is 0 Å². The molecule has 0 radical (unpaired) electrons. The van der Waals surface area contributed by atoms with Gasteiger partial charge in [-0.25, -0.2) is 13.4 Å². The smallest absolute Gasteiger partial charge is 0.253 e. The number of benzene rings is 2. The summed E-state index contributed by atoms with van der Waals surface area (Å²) in [5.41, 5.74) is 3.40. The molecule has 33 heavy (non-hydrogen) atoms. The van der Waals surface area contributed by atoms with Gasteiger partial charge in [0.25, 0.3) is 5.91 Å². The third-order valence-corrected chi connectivity index (χ3v) is 7.56. The lowest BCUT2D eigenvalue weighted by Crippen LogP contribution is -2.51. The molecule has 2 aromatic rings. The summed E-state index contributed by atoms with van der Waals surface area (Å²) in [6.45, 7) is 0.895. The first-order chi connectivity index (χ1) is 15.8. The van der Waals surface area contributed by atoms with Gasteiger partial charge in [0.15, 0.2) is 0 Å². The molecule has 4 rings (SSSR count). The van der Waals surface area contributed by atoms with E-state index < -0.39 is 10.0 Å². The van der Waals surface area contributed by atoms with Crippen LogP contribution in [0.4, 0.5) is 5.69 Å². The maximum absolute atomic E-state index is 12.9. The minimum atomic E-state index is -3.66. The van der Waals surface area contributed by atoms with Crippen molar-refractivity contribution in [1.29, 1.82) is 0 Å². The molecule has 0 unspecified atom stereocenters. The molecular formula is C22H24N4O6S. The summed E-state index contributed by atoms with van der Waals surface area (Å²) in [6, 6.07) is 12.6. The fraction of sp³-hybridized carbons (Fsp3) is 0.318. The molecule has 2 heterocycles. The van der Waals surface area contributed by atoms with E-state index in [0.717, 1.165) is 0 Å². The van der Waals surface area contributed by atoms with Gasteiger partial charge in [-0.2, -0.15) is 4.31 Å². The maximum Gasteiger partial charge on any atom is 0.253 e. The topological polar surface area (TPSA) is 116 Å². The number of methoxy groups -OCH3 is 1. The largest absolute Gasteiger partial charge is 0.497 e. The predicted molar refractivity (Wildman–Crippen MR) is 119 cm³/mol. The van der Waals surface area contributed by atoms with Crippen LogP contribution >= 0.6 is 0 Å². The average Bonchev–Trinajstić information content (AvgIpc) is 2.85. The Kier molecular flexibility index (Phi) is 6.34. The molecule has 0 saturated carbocycles. The van der Waals surface area contributed by atoms with Crippen molar-refractivity contribution >= 4 is 33.4 Å². The van der Waals surface area contributed by atoms with E-state index in [4.69, 9.17) is 4.74 Å². The van der Waals surface area contributed by atoms with Crippen LogP contribution in [0.1, 0.15) is 23.2 Å². The summed E-state index contributed by atoms with van der Waals surface area (Å²) < 4.78 is 32.2. The van der Waals surface area contributed by atoms with Gasteiger partial charge in [-0.05, 0) is 48.5 Å². The molecule has 2 aliphatic rings. The molecule has 0 aliphatic carbocycles. The number of nitrogens with zero attached hydrogens (tertiary/aromatic N) is 3. The number of nitrogens with one attached hydrogen (secondary N) is 1. The average molecular weight is 473 g/mol. The molecule has 174 valence electrons. The molecule has 2 fully saturated rings. The Bertz CT molecular complexity index is 1160. The molecule has 10 nitrogen and oxygen atoms in total. The van der Waals surface area contributed by atoms with Gasteiger partial charge in [-0.15, -0.1) is 0 Å². The number of hydrogen-bond donors (Lipinski definition) is 1. The molecule has 0 atom stereocenters. The first kappa shape index (κ1) is 22.7. The lowest BCUT2D eigenvalue weighted by molar-refractivity contribution is -0.130. The molecule has 1 N–H and O–H groups in total. The van der Waals surface area contributed by atoms with Crippen molar-refractivity contribution in [2.45, 2.75) is 17.7 Å². The third-order valence-electron chi connectivity index (χ3n) is 5.65. The summed E-state index contributed by atoms with van der Waals surface area (Å²) in [4.78, 5) is 38.3. The highest BCUT2D eigenvalue weighted by molar-refractivity contribution is 7.89. The Hall–Kier alpha value is -3.44. The standard InChI is InChI=1S/C22H24N4O6S/c1-32-18-6-8-19(9-7-18)33(30,31)25-14-12-24(13-15-25)22(29)16-2-4-17(5-3-16)26-21(28)11-10-20(27)23-26/h2-9H,10-15H2,1H3,(H,23,27). The second kappa shape index (κ2) is 9.20. The van der Waals surface area contributed by atoms with E-state index in [1.807, 2.05) is 0 Å². The quantitative estimate of drug-likeness (QED) is 0.694. The number of amides is 3. The van der Waals surface area contributed by atoms with Crippen molar-refractivity contribution in [3.8, 4) is 5.75 Å². The van der Waals surface area contributed by atoms with Crippen LogP contribution in [0, 0.1) is 0 Å². The number of sulfonamides is 1. The fourth-order valence-electron chi connectivity index (χ4n) is 3.75. The number of carbonyl (C=O) groups is 3. The second-order valence-electron chi connectivity index (χ2n) is 7.68. The first-order valence-corrected chi connectivity index (χ1v) is 11.9. The van der Waals surface area contributed by atoms with Crippen LogP contribution in [0.2, 0.25) is 0 Å². The van der Waals surface area contributed by atoms with Crippen molar-refractivity contribution in [1.82, 2.24) is 14.6 Å².